The lowest BCUT2D eigenvalue weighted by molar-refractivity contribution is 1.13. The number of nitrogens with zero attached hydrogens (tertiary/aromatic N) is 6. The van der Waals surface area contributed by atoms with Gasteiger partial charge < -0.3 is 13.7 Å². The fourth-order valence-electron chi connectivity index (χ4n) is 10.6. The third-order valence-electron chi connectivity index (χ3n) is 13.8. The molecule has 6 nitrogen and oxygen atoms in total. The zero-order valence-electron chi connectivity index (χ0n) is 37.3. The van der Waals surface area contributed by atoms with Crippen LogP contribution in [-0.2, 0) is 0 Å². The maximum absolute atomic E-state index is 5.12. The Morgan fingerprint density at radius 1 is 0.290 bits per heavy atom. The molecule has 0 atom stereocenters. The Balaban J connectivity index is 0.959. The normalized spacial score (nSPS) is 11.8. The van der Waals surface area contributed by atoms with E-state index in [1.54, 1.807) is 0 Å². The van der Waals surface area contributed by atoms with Crippen LogP contribution in [0.1, 0.15) is 0 Å². The molecule has 9 aromatic carbocycles. The van der Waals surface area contributed by atoms with E-state index >= 15 is 0 Å². The van der Waals surface area contributed by atoms with Gasteiger partial charge in [-0.2, -0.15) is 0 Å². The van der Waals surface area contributed by atoms with Crippen LogP contribution < -0.4 is 0 Å². The van der Waals surface area contributed by atoms with Crippen molar-refractivity contribution in [3.63, 3.8) is 0 Å². The minimum absolute atomic E-state index is 0.696. The zero-order valence-corrected chi connectivity index (χ0v) is 37.3. The molecule has 0 radical (unpaired) electrons. The Morgan fingerprint density at radius 3 is 1.19 bits per heavy atom. The van der Waals surface area contributed by atoms with E-state index < -0.39 is 0 Å². The molecule has 0 saturated heterocycles. The average molecular weight is 881 g/mol. The van der Waals surface area contributed by atoms with E-state index in [9.17, 15) is 0 Å². The maximum atomic E-state index is 5.12. The predicted octanol–water partition coefficient (Wildman–Crippen LogP) is 15.8. The fourth-order valence-corrected chi connectivity index (χ4v) is 10.6. The van der Waals surface area contributed by atoms with Crippen LogP contribution >= 0.6 is 0 Å². The molecule has 0 aliphatic carbocycles. The van der Waals surface area contributed by atoms with E-state index in [-0.39, 0.29) is 0 Å². The second-order valence-electron chi connectivity index (χ2n) is 17.6. The van der Waals surface area contributed by atoms with E-state index in [0.717, 1.165) is 78.1 Å². The van der Waals surface area contributed by atoms with E-state index in [1.807, 2.05) is 48.8 Å². The first-order chi connectivity index (χ1) is 34.2. The Morgan fingerprint density at radius 2 is 0.696 bits per heavy atom. The summed E-state index contributed by atoms with van der Waals surface area (Å²) in [6.07, 6.45) is 3.90. The monoisotopic (exact) mass is 880 g/mol. The number of fused-ring (bicyclic) bond motifs is 9. The first-order valence-corrected chi connectivity index (χ1v) is 23.3. The molecule has 0 aliphatic heterocycles. The number of hydrogen-bond acceptors (Lipinski definition) is 3. The summed E-state index contributed by atoms with van der Waals surface area (Å²) < 4.78 is 7.21. The summed E-state index contributed by atoms with van der Waals surface area (Å²) in [5.74, 6) is 0.696. The Bertz CT molecular complexity index is 3960. The van der Waals surface area contributed by atoms with Gasteiger partial charge in [-0.3, -0.25) is 4.98 Å². The van der Waals surface area contributed by atoms with Crippen LogP contribution in [0.15, 0.2) is 243 Å². The molecule has 322 valence electrons. The predicted molar refractivity (Wildman–Crippen MR) is 285 cm³/mol. The summed E-state index contributed by atoms with van der Waals surface area (Å²) in [7, 11) is 0. The van der Waals surface area contributed by atoms with Gasteiger partial charge in [0.2, 0.25) is 0 Å². The number of hydrogen-bond donors (Lipinski definition) is 0. The first kappa shape index (κ1) is 38.8. The maximum Gasteiger partial charge on any atom is 0.160 e. The summed E-state index contributed by atoms with van der Waals surface area (Å²) in [4.78, 5) is 14.9. The van der Waals surface area contributed by atoms with Gasteiger partial charge in [0.05, 0.1) is 56.4 Å². The van der Waals surface area contributed by atoms with Gasteiger partial charge in [-0.1, -0.05) is 158 Å². The molecule has 0 fully saturated rings. The molecule has 6 heteroatoms. The smallest absolute Gasteiger partial charge is 0.160 e. The standard InChI is InChI=1S/C63H40N6/c1-3-15-42(16-4-1)54-39-55(66-63(65-54)44-17-5-2-6-18-44)43-29-27-41(28-30-43)47-35-36-64-40-62(47)69-60-33-31-45(67-56-23-11-7-19-48(56)49-20-8-12-24-57(49)67)37-52(60)53-38-46(32-34-61(53)69)68-58-25-13-9-21-50(58)51-22-10-14-26-59(51)68/h1-40H. The first-order valence-electron chi connectivity index (χ1n) is 23.3. The lowest BCUT2D eigenvalue weighted by Gasteiger charge is -2.15. The van der Waals surface area contributed by atoms with Crippen LogP contribution in [-0.4, -0.2) is 28.7 Å². The van der Waals surface area contributed by atoms with Crippen molar-refractivity contribution >= 4 is 65.4 Å². The number of benzene rings is 9. The molecule has 0 saturated carbocycles. The lowest BCUT2D eigenvalue weighted by atomic mass is 10.0. The van der Waals surface area contributed by atoms with Gasteiger partial charge in [-0.05, 0) is 78.4 Å². The van der Waals surface area contributed by atoms with Crippen molar-refractivity contribution < 1.29 is 0 Å². The molecule has 14 aromatic rings. The van der Waals surface area contributed by atoms with E-state index in [1.165, 1.54) is 43.6 Å². The quantitative estimate of drug-likeness (QED) is 0.160. The highest BCUT2D eigenvalue weighted by Gasteiger charge is 2.21. The Hall–Kier alpha value is -9.39. The highest BCUT2D eigenvalue weighted by molar-refractivity contribution is 6.14. The molecule has 69 heavy (non-hydrogen) atoms. The van der Waals surface area contributed by atoms with Gasteiger partial charge in [-0.15, -0.1) is 0 Å². The molecule has 5 heterocycles. The van der Waals surface area contributed by atoms with Crippen LogP contribution in [0.2, 0.25) is 0 Å². The molecule has 0 unspecified atom stereocenters. The third-order valence-corrected chi connectivity index (χ3v) is 13.8. The highest BCUT2D eigenvalue weighted by Crippen LogP contribution is 2.41. The molecule has 0 amide bonds. The minimum Gasteiger partial charge on any atom is -0.309 e. The summed E-state index contributed by atoms with van der Waals surface area (Å²) in [6, 6.07) is 82.2. The van der Waals surface area contributed by atoms with Gasteiger partial charge in [-0.25, -0.2) is 9.97 Å². The van der Waals surface area contributed by atoms with E-state index in [2.05, 4.69) is 208 Å². The third kappa shape index (κ3) is 6.23. The zero-order chi connectivity index (χ0) is 45.4. The van der Waals surface area contributed by atoms with Crippen molar-refractivity contribution in [2.75, 3.05) is 0 Å². The summed E-state index contributed by atoms with van der Waals surface area (Å²) in [6.45, 7) is 0. The topological polar surface area (TPSA) is 53.5 Å². The highest BCUT2D eigenvalue weighted by atomic mass is 15.0. The molecule has 0 N–H and O–H groups in total. The van der Waals surface area contributed by atoms with Gasteiger partial charge in [0.15, 0.2) is 5.82 Å². The fraction of sp³-hybridized carbons (Fsp3) is 0. The molecular formula is C63H40N6. The van der Waals surface area contributed by atoms with Crippen LogP contribution in [0.5, 0.6) is 0 Å². The molecule has 0 aliphatic rings. The van der Waals surface area contributed by atoms with Crippen molar-refractivity contribution in [3.8, 4) is 62.1 Å². The van der Waals surface area contributed by atoms with Crippen LogP contribution in [0.4, 0.5) is 0 Å². The molecule has 0 spiro atoms. The minimum atomic E-state index is 0.696. The van der Waals surface area contributed by atoms with Gasteiger partial charge in [0.1, 0.15) is 0 Å². The van der Waals surface area contributed by atoms with Crippen molar-refractivity contribution in [2.45, 2.75) is 0 Å². The summed E-state index contributed by atoms with van der Waals surface area (Å²) in [5, 5.41) is 7.27. The number of para-hydroxylation sites is 4. The van der Waals surface area contributed by atoms with Crippen molar-refractivity contribution in [2.24, 2.45) is 0 Å². The Kier molecular flexibility index (Phi) is 8.79. The second kappa shape index (κ2) is 15.6. The van der Waals surface area contributed by atoms with Crippen LogP contribution in [0, 0.1) is 0 Å². The number of rotatable bonds is 7. The molecular weight excluding hydrogens is 841 g/mol. The van der Waals surface area contributed by atoms with Crippen molar-refractivity contribution in [1.82, 2.24) is 28.7 Å². The van der Waals surface area contributed by atoms with Gasteiger partial charge in [0, 0.05) is 72.1 Å². The van der Waals surface area contributed by atoms with Crippen molar-refractivity contribution in [1.29, 1.82) is 0 Å². The number of aromatic nitrogens is 6. The van der Waals surface area contributed by atoms with Crippen LogP contribution in [0.25, 0.3) is 128 Å². The summed E-state index contributed by atoms with van der Waals surface area (Å²) >= 11 is 0. The van der Waals surface area contributed by atoms with Gasteiger partial charge >= 0.3 is 0 Å². The van der Waals surface area contributed by atoms with E-state index in [0.29, 0.717) is 5.82 Å². The van der Waals surface area contributed by atoms with Gasteiger partial charge in [0.25, 0.3) is 0 Å². The second-order valence-corrected chi connectivity index (χ2v) is 17.6. The Labute approximate surface area is 397 Å². The van der Waals surface area contributed by atoms with E-state index in [4.69, 9.17) is 15.0 Å². The molecule has 14 rings (SSSR count). The SMILES string of the molecule is c1ccc(-c2cc(-c3ccc(-c4ccncc4-n4c5ccc(-n6c7ccccc7c7ccccc76)cc5c5cc(-n6c7ccccc7c7ccccc76)ccc54)cc3)nc(-c3ccccc3)n2)cc1. The number of pyridine rings is 1. The molecule has 0 bridgehead atoms. The van der Waals surface area contributed by atoms with Crippen molar-refractivity contribution in [3.05, 3.63) is 243 Å². The lowest BCUT2D eigenvalue weighted by Crippen LogP contribution is -1.99. The van der Waals surface area contributed by atoms with Crippen LogP contribution in [0.3, 0.4) is 0 Å². The average Bonchev–Trinajstić information content (AvgIpc) is 4.06. The molecule has 5 aromatic heterocycles. The largest absolute Gasteiger partial charge is 0.309 e. The summed E-state index contributed by atoms with van der Waals surface area (Å²) in [5.41, 5.74) is 17.1.